The molecule has 2 rings (SSSR count). The van der Waals surface area contributed by atoms with E-state index in [9.17, 15) is 8.42 Å². The van der Waals surface area contributed by atoms with Gasteiger partial charge in [0.15, 0.2) is 9.84 Å². The Morgan fingerprint density at radius 2 is 1.55 bits per heavy atom. The average molecular weight is 304 g/mol. The molecule has 0 bridgehead atoms. The zero-order chi connectivity index (χ0) is 14.4. The molecule has 20 heavy (non-hydrogen) atoms. The van der Waals surface area contributed by atoms with Crippen molar-refractivity contribution < 1.29 is 8.42 Å². The van der Waals surface area contributed by atoms with Crippen LogP contribution in [0.4, 0.5) is 0 Å². The van der Waals surface area contributed by atoms with Gasteiger partial charge in [0, 0.05) is 9.80 Å². The summed E-state index contributed by atoms with van der Waals surface area (Å²) in [6.45, 7) is 1.87. The molecule has 0 aliphatic carbocycles. The summed E-state index contributed by atoms with van der Waals surface area (Å²) < 4.78 is 24.7. The summed E-state index contributed by atoms with van der Waals surface area (Å²) in [7, 11) is -3.28. The van der Waals surface area contributed by atoms with Crippen molar-refractivity contribution in [1.82, 2.24) is 0 Å². The van der Waals surface area contributed by atoms with Crippen LogP contribution in [0.1, 0.15) is 6.92 Å². The van der Waals surface area contributed by atoms with Crippen LogP contribution in [0.15, 0.2) is 81.4 Å². The second-order valence-corrected chi connectivity index (χ2v) is 7.43. The van der Waals surface area contributed by atoms with Crippen molar-refractivity contribution in [2.24, 2.45) is 0 Å². The van der Waals surface area contributed by atoms with Gasteiger partial charge in [-0.15, -0.1) is 0 Å². The fourth-order valence-electron chi connectivity index (χ4n) is 1.71. The van der Waals surface area contributed by atoms with Crippen molar-refractivity contribution in [1.29, 1.82) is 0 Å². The average Bonchev–Trinajstić information content (AvgIpc) is 2.48. The second-order valence-electron chi connectivity index (χ2n) is 4.24. The Hall–Kier alpha value is -1.52. The van der Waals surface area contributed by atoms with E-state index in [1.807, 2.05) is 49.4 Å². The van der Waals surface area contributed by atoms with Crippen LogP contribution in [0, 0.1) is 0 Å². The molecule has 0 aliphatic rings. The summed E-state index contributed by atoms with van der Waals surface area (Å²) in [6, 6.07) is 18.4. The van der Waals surface area contributed by atoms with Gasteiger partial charge in [-0.2, -0.15) is 0 Å². The van der Waals surface area contributed by atoms with Crippen molar-refractivity contribution in [3.63, 3.8) is 0 Å². The highest BCUT2D eigenvalue weighted by Crippen LogP contribution is 2.28. The highest BCUT2D eigenvalue weighted by Gasteiger charge is 2.16. The zero-order valence-corrected chi connectivity index (χ0v) is 12.8. The predicted octanol–water partition coefficient (Wildman–Crippen LogP) is 4.16. The Morgan fingerprint density at radius 1 is 1.00 bits per heavy atom. The van der Waals surface area contributed by atoms with Crippen LogP contribution in [0.5, 0.6) is 0 Å². The van der Waals surface area contributed by atoms with Gasteiger partial charge in [-0.05, 0) is 31.2 Å². The van der Waals surface area contributed by atoms with Gasteiger partial charge in [0.05, 0.1) is 10.6 Å². The van der Waals surface area contributed by atoms with Crippen LogP contribution in [-0.4, -0.2) is 14.2 Å². The number of hydrogen-bond donors (Lipinski definition) is 0. The standard InChI is InChI=1S/C16H16O2S2/c1-2-14(19-15-9-5-3-6-10-15)13-20(17,18)16-11-7-4-8-12-16/h2-12H,13H2,1H3/b14-2+. The molecule has 2 aromatic carbocycles. The van der Waals surface area contributed by atoms with Gasteiger partial charge < -0.3 is 0 Å². The number of sulfone groups is 1. The van der Waals surface area contributed by atoms with Crippen LogP contribution < -0.4 is 0 Å². The molecule has 104 valence electrons. The Labute approximate surface area is 124 Å². The van der Waals surface area contributed by atoms with E-state index >= 15 is 0 Å². The zero-order valence-electron chi connectivity index (χ0n) is 11.2. The van der Waals surface area contributed by atoms with Gasteiger partial charge in [0.2, 0.25) is 0 Å². The van der Waals surface area contributed by atoms with Gasteiger partial charge in [0.25, 0.3) is 0 Å². The minimum atomic E-state index is -3.28. The molecule has 0 saturated heterocycles. The molecule has 0 fully saturated rings. The van der Waals surface area contributed by atoms with Crippen molar-refractivity contribution in [3.05, 3.63) is 71.6 Å². The third-order valence-corrected chi connectivity index (χ3v) is 5.76. The van der Waals surface area contributed by atoms with E-state index in [0.29, 0.717) is 4.90 Å². The van der Waals surface area contributed by atoms with Crippen molar-refractivity contribution >= 4 is 21.6 Å². The van der Waals surface area contributed by atoms with Crippen molar-refractivity contribution in [2.45, 2.75) is 16.7 Å². The van der Waals surface area contributed by atoms with Crippen LogP contribution in [-0.2, 0) is 9.84 Å². The third-order valence-electron chi connectivity index (χ3n) is 2.75. The molecule has 0 aliphatic heterocycles. The molecule has 0 N–H and O–H groups in total. The van der Waals surface area contributed by atoms with E-state index in [2.05, 4.69) is 0 Å². The van der Waals surface area contributed by atoms with Crippen LogP contribution in [0.2, 0.25) is 0 Å². The van der Waals surface area contributed by atoms with Crippen LogP contribution in [0.25, 0.3) is 0 Å². The molecular weight excluding hydrogens is 288 g/mol. The molecule has 0 amide bonds. The first-order valence-corrected chi connectivity index (χ1v) is 8.74. The third kappa shape index (κ3) is 3.99. The van der Waals surface area contributed by atoms with Crippen LogP contribution in [0.3, 0.4) is 0 Å². The first-order valence-electron chi connectivity index (χ1n) is 6.28. The molecule has 4 heteroatoms. The molecule has 0 saturated carbocycles. The number of allylic oxidation sites excluding steroid dienone is 1. The van der Waals surface area contributed by atoms with Gasteiger partial charge in [0.1, 0.15) is 0 Å². The lowest BCUT2D eigenvalue weighted by Crippen LogP contribution is -2.07. The lowest BCUT2D eigenvalue weighted by molar-refractivity contribution is 0.599. The monoisotopic (exact) mass is 304 g/mol. The maximum absolute atomic E-state index is 12.3. The van der Waals surface area contributed by atoms with E-state index < -0.39 is 9.84 Å². The van der Waals surface area contributed by atoms with E-state index in [1.165, 1.54) is 11.8 Å². The lowest BCUT2D eigenvalue weighted by atomic mass is 10.4. The maximum atomic E-state index is 12.3. The Kier molecular flexibility index (Phi) is 5.04. The summed E-state index contributed by atoms with van der Waals surface area (Å²) >= 11 is 1.49. The first kappa shape index (κ1) is 14.9. The smallest absolute Gasteiger partial charge is 0.183 e. The summed E-state index contributed by atoms with van der Waals surface area (Å²) in [5.74, 6) is 0.0348. The number of hydrogen-bond acceptors (Lipinski definition) is 3. The number of rotatable bonds is 5. The topological polar surface area (TPSA) is 34.1 Å². The Bertz CT molecular complexity index is 675. The van der Waals surface area contributed by atoms with Gasteiger partial charge in [-0.3, -0.25) is 0 Å². The molecule has 2 aromatic rings. The molecule has 0 aromatic heterocycles. The summed E-state index contributed by atoms with van der Waals surface area (Å²) in [6.07, 6.45) is 1.86. The van der Waals surface area contributed by atoms with Crippen molar-refractivity contribution in [2.75, 3.05) is 5.75 Å². The Balaban J connectivity index is 2.15. The summed E-state index contributed by atoms with van der Waals surface area (Å²) in [5.41, 5.74) is 0. The quantitative estimate of drug-likeness (QED) is 0.778. The van der Waals surface area contributed by atoms with E-state index in [4.69, 9.17) is 0 Å². The summed E-state index contributed by atoms with van der Waals surface area (Å²) in [4.78, 5) is 2.25. The number of benzene rings is 2. The van der Waals surface area contributed by atoms with Crippen molar-refractivity contribution in [3.8, 4) is 0 Å². The predicted molar refractivity (Wildman–Crippen MR) is 84.6 cm³/mol. The molecule has 0 heterocycles. The van der Waals surface area contributed by atoms with E-state index in [-0.39, 0.29) is 5.75 Å². The van der Waals surface area contributed by atoms with Gasteiger partial charge in [-0.1, -0.05) is 54.2 Å². The van der Waals surface area contributed by atoms with Gasteiger partial charge >= 0.3 is 0 Å². The second kappa shape index (κ2) is 6.77. The molecule has 2 nitrogen and oxygen atoms in total. The minimum absolute atomic E-state index is 0.0348. The Morgan fingerprint density at radius 3 is 2.10 bits per heavy atom. The first-order chi connectivity index (χ1) is 9.62. The SMILES string of the molecule is C/C=C(\CS(=O)(=O)c1ccccc1)Sc1ccccc1. The van der Waals surface area contributed by atoms with E-state index in [1.54, 1.807) is 24.3 Å². The molecule has 0 atom stereocenters. The maximum Gasteiger partial charge on any atom is 0.183 e. The summed E-state index contributed by atoms with van der Waals surface area (Å²) in [5, 5.41) is 0. The molecule has 0 radical (unpaired) electrons. The fourth-order valence-corrected chi connectivity index (χ4v) is 4.40. The van der Waals surface area contributed by atoms with E-state index in [0.717, 1.165) is 9.80 Å². The minimum Gasteiger partial charge on any atom is -0.223 e. The van der Waals surface area contributed by atoms with Gasteiger partial charge in [-0.25, -0.2) is 8.42 Å². The molecule has 0 unspecified atom stereocenters. The largest absolute Gasteiger partial charge is 0.223 e. The highest BCUT2D eigenvalue weighted by atomic mass is 32.2. The molecular formula is C16H16O2S2. The normalized spacial score (nSPS) is 12.3. The fraction of sp³-hybridized carbons (Fsp3) is 0.125. The van der Waals surface area contributed by atoms with Crippen LogP contribution >= 0.6 is 11.8 Å². The highest BCUT2D eigenvalue weighted by molar-refractivity contribution is 8.04. The molecule has 0 spiro atoms. The number of thioether (sulfide) groups is 1. The lowest BCUT2D eigenvalue weighted by Gasteiger charge is -2.08.